The topological polar surface area (TPSA) is 51.1 Å². The summed E-state index contributed by atoms with van der Waals surface area (Å²) in [7, 11) is 0. The van der Waals surface area contributed by atoms with Gasteiger partial charge in [-0.2, -0.15) is 0 Å². The van der Waals surface area contributed by atoms with Gasteiger partial charge in [-0.15, -0.1) is 0 Å². The third-order valence-electron chi connectivity index (χ3n) is 3.65. The van der Waals surface area contributed by atoms with Crippen LogP contribution in [-0.4, -0.2) is 47.9 Å². The largest absolute Gasteiger partial charge is 0.461 e. The van der Waals surface area contributed by atoms with Crippen molar-refractivity contribution in [2.24, 2.45) is 5.16 Å². The Morgan fingerprint density at radius 3 is 3.06 bits per heavy atom. The standard InChI is InChI=1S/C13H22N2O3/c1-4-17-12(16)11-8-13(18-14-11)6-5-7-15(9-13)10(2)3/h10H,4-9H2,1-3H3. The van der Waals surface area contributed by atoms with Crippen LogP contribution in [-0.2, 0) is 14.4 Å². The van der Waals surface area contributed by atoms with E-state index in [1.807, 2.05) is 0 Å². The number of ether oxygens (including phenoxy) is 1. The van der Waals surface area contributed by atoms with Crippen LogP contribution >= 0.6 is 0 Å². The number of likely N-dealkylation sites (tertiary alicyclic amines) is 1. The molecule has 0 aromatic carbocycles. The van der Waals surface area contributed by atoms with Crippen molar-refractivity contribution in [2.45, 2.75) is 51.7 Å². The Balaban J connectivity index is 1.98. The van der Waals surface area contributed by atoms with Gasteiger partial charge >= 0.3 is 5.97 Å². The second-order valence-corrected chi connectivity index (χ2v) is 5.38. The summed E-state index contributed by atoms with van der Waals surface area (Å²) in [6, 6.07) is 0.498. The second-order valence-electron chi connectivity index (χ2n) is 5.38. The molecule has 18 heavy (non-hydrogen) atoms. The Bertz CT molecular complexity index is 354. The van der Waals surface area contributed by atoms with Gasteiger partial charge in [0, 0.05) is 19.0 Å². The molecule has 0 aromatic heterocycles. The fourth-order valence-corrected chi connectivity index (χ4v) is 2.64. The van der Waals surface area contributed by atoms with Crippen LogP contribution in [0, 0.1) is 0 Å². The normalized spacial score (nSPS) is 28.3. The molecule has 2 rings (SSSR count). The third kappa shape index (κ3) is 2.66. The number of hydrogen-bond donors (Lipinski definition) is 0. The van der Waals surface area contributed by atoms with E-state index < -0.39 is 0 Å². The minimum absolute atomic E-state index is 0.301. The van der Waals surface area contributed by atoms with Gasteiger partial charge in [-0.05, 0) is 40.2 Å². The summed E-state index contributed by atoms with van der Waals surface area (Å²) in [6.45, 7) is 8.48. The SMILES string of the molecule is CCOC(=O)C1=NOC2(CCCN(C(C)C)C2)C1. The molecule has 5 nitrogen and oxygen atoms in total. The van der Waals surface area contributed by atoms with Gasteiger partial charge in [0.2, 0.25) is 0 Å². The van der Waals surface area contributed by atoms with Gasteiger partial charge < -0.3 is 9.57 Å². The van der Waals surface area contributed by atoms with Crippen LogP contribution < -0.4 is 0 Å². The quantitative estimate of drug-likeness (QED) is 0.717. The van der Waals surface area contributed by atoms with E-state index in [4.69, 9.17) is 9.57 Å². The molecule has 2 heterocycles. The van der Waals surface area contributed by atoms with E-state index in [9.17, 15) is 4.79 Å². The maximum Gasteiger partial charge on any atom is 0.356 e. The van der Waals surface area contributed by atoms with E-state index in [-0.39, 0.29) is 11.6 Å². The third-order valence-corrected chi connectivity index (χ3v) is 3.65. The smallest absolute Gasteiger partial charge is 0.356 e. The number of rotatable bonds is 3. The maximum absolute atomic E-state index is 11.6. The average molecular weight is 254 g/mol. The number of carbonyl (C=O) groups excluding carboxylic acids is 1. The van der Waals surface area contributed by atoms with E-state index in [0.29, 0.717) is 24.8 Å². The summed E-state index contributed by atoms with van der Waals surface area (Å²) >= 11 is 0. The number of esters is 1. The Hall–Kier alpha value is -1.10. The first-order valence-electron chi connectivity index (χ1n) is 6.72. The highest BCUT2D eigenvalue weighted by molar-refractivity contribution is 6.36. The summed E-state index contributed by atoms with van der Waals surface area (Å²) in [5, 5.41) is 3.94. The fourth-order valence-electron chi connectivity index (χ4n) is 2.64. The van der Waals surface area contributed by atoms with Crippen LogP contribution in [0.3, 0.4) is 0 Å². The molecule has 1 fully saturated rings. The molecule has 0 radical (unpaired) electrons. The zero-order chi connectivity index (χ0) is 13.2. The molecule has 0 aliphatic carbocycles. The Labute approximate surface area is 108 Å². The highest BCUT2D eigenvalue weighted by Crippen LogP contribution is 2.34. The molecule has 1 atom stereocenters. The minimum atomic E-state index is -0.337. The molecule has 0 N–H and O–H groups in total. The number of piperidine rings is 1. The lowest BCUT2D eigenvalue weighted by atomic mass is 9.87. The van der Waals surface area contributed by atoms with Crippen LogP contribution in [0.15, 0.2) is 5.16 Å². The van der Waals surface area contributed by atoms with Crippen LogP contribution in [0.4, 0.5) is 0 Å². The van der Waals surface area contributed by atoms with Gasteiger partial charge in [0.15, 0.2) is 11.3 Å². The molecule has 0 saturated carbocycles. The van der Waals surface area contributed by atoms with Crippen LogP contribution in [0.5, 0.6) is 0 Å². The molecule has 2 aliphatic rings. The van der Waals surface area contributed by atoms with Gasteiger partial charge in [0.05, 0.1) is 6.61 Å². The molecule has 0 aromatic rings. The van der Waals surface area contributed by atoms with Gasteiger partial charge in [0.1, 0.15) is 0 Å². The molecule has 0 bridgehead atoms. The lowest BCUT2D eigenvalue weighted by Crippen LogP contribution is -2.50. The molecular formula is C13H22N2O3. The van der Waals surface area contributed by atoms with E-state index >= 15 is 0 Å². The first-order valence-corrected chi connectivity index (χ1v) is 6.72. The van der Waals surface area contributed by atoms with Crippen LogP contribution in [0.1, 0.15) is 40.0 Å². The van der Waals surface area contributed by atoms with Crippen molar-refractivity contribution in [2.75, 3.05) is 19.7 Å². The second kappa shape index (κ2) is 5.26. The Kier molecular flexibility index (Phi) is 3.90. The zero-order valence-electron chi connectivity index (χ0n) is 11.4. The lowest BCUT2D eigenvalue weighted by Gasteiger charge is -2.40. The summed E-state index contributed by atoms with van der Waals surface area (Å²) in [6.07, 6.45) is 2.63. The van der Waals surface area contributed by atoms with Crippen molar-refractivity contribution in [3.8, 4) is 0 Å². The lowest BCUT2D eigenvalue weighted by molar-refractivity contribution is -0.135. The molecule has 2 aliphatic heterocycles. The Morgan fingerprint density at radius 1 is 1.61 bits per heavy atom. The predicted octanol–water partition coefficient (Wildman–Crippen LogP) is 1.57. The molecule has 102 valence electrons. The van der Waals surface area contributed by atoms with Crippen molar-refractivity contribution in [3.05, 3.63) is 0 Å². The van der Waals surface area contributed by atoms with Crippen molar-refractivity contribution < 1.29 is 14.4 Å². The van der Waals surface area contributed by atoms with Gasteiger partial charge in [-0.1, -0.05) is 5.16 Å². The average Bonchev–Trinajstić information content (AvgIpc) is 2.73. The number of carbonyl (C=O) groups is 1. The molecule has 5 heteroatoms. The fraction of sp³-hybridized carbons (Fsp3) is 0.846. The monoisotopic (exact) mass is 254 g/mol. The molecule has 0 amide bonds. The number of hydrogen-bond acceptors (Lipinski definition) is 5. The summed E-state index contributed by atoms with van der Waals surface area (Å²) in [5.74, 6) is -0.337. The van der Waals surface area contributed by atoms with Crippen LogP contribution in [0.2, 0.25) is 0 Å². The molecule has 1 unspecified atom stereocenters. The molecular weight excluding hydrogens is 232 g/mol. The first-order chi connectivity index (χ1) is 8.56. The van der Waals surface area contributed by atoms with E-state index in [1.54, 1.807) is 6.92 Å². The van der Waals surface area contributed by atoms with E-state index in [2.05, 4.69) is 23.9 Å². The molecule has 1 spiro atoms. The van der Waals surface area contributed by atoms with E-state index in [0.717, 1.165) is 25.9 Å². The zero-order valence-corrected chi connectivity index (χ0v) is 11.4. The van der Waals surface area contributed by atoms with Gasteiger partial charge in [0.25, 0.3) is 0 Å². The van der Waals surface area contributed by atoms with Crippen LogP contribution in [0.25, 0.3) is 0 Å². The van der Waals surface area contributed by atoms with Crippen molar-refractivity contribution in [1.82, 2.24) is 4.90 Å². The highest BCUT2D eigenvalue weighted by atomic mass is 16.7. The summed E-state index contributed by atoms with van der Waals surface area (Å²) < 4.78 is 4.97. The van der Waals surface area contributed by atoms with E-state index in [1.165, 1.54) is 0 Å². The maximum atomic E-state index is 11.6. The van der Waals surface area contributed by atoms with Crippen molar-refractivity contribution in [3.63, 3.8) is 0 Å². The summed E-state index contributed by atoms with van der Waals surface area (Å²) in [5.41, 5.74) is 0.132. The minimum Gasteiger partial charge on any atom is -0.461 e. The van der Waals surface area contributed by atoms with Crippen molar-refractivity contribution in [1.29, 1.82) is 0 Å². The summed E-state index contributed by atoms with van der Waals surface area (Å²) in [4.78, 5) is 19.6. The number of oxime groups is 1. The van der Waals surface area contributed by atoms with Gasteiger partial charge in [-0.3, -0.25) is 4.90 Å². The highest BCUT2D eigenvalue weighted by Gasteiger charge is 2.45. The first kappa shape index (κ1) is 13.3. The molecule has 1 saturated heterocycles. The van der Waals surface area contributed by atoms with Crippen molar-refractivity contribution >= 4 is 11.7 Å². The Morgan fingerprint density at radius 2 is 2.39 bits per heavy atom. The van der Waals surface area contributed by atoms with Gasteiger partial charge in [-0.25, -0.2) is 4.79 Å². The predicted molar refractivity (Wildman–Crippen MR) is 68.4 cm³/mol. The number of nitrogens with zero attached hydrogens (tertiary/aromatic N) is 2.